The Hall–Kier alpha value is -1.88. The molecule has 2 aliphatic rings. The molecule has 0 radical (unpaired) electrons. The van der Waals surface area contributed by atoms with Gasteiger partial charge in [-0.2, -0.15) is 0 Å². The molecule has 136 valence electrons. The number of rotatable bonds is 5. The Morgan fingerprint density at radius 3 is 2.32 bits per heavy atom. The third-order valence-corrected chi connectivity index (χ3v) is 5.17. The summed E-state index contributed by atoms with van der Waals surface area (Å²) < 4.78 is 6.24. The number of hydrogen-bond donors (Lipinski definition) is 1. The van der Waals surface area contributed by atoms with E-state index in [1.807, 2.05) is 35.2 Å². The van der Waals surface area contributed by atoms with E-state index >= 15 is 0 Å². The SMILES string of the molecule is CC(=O)NC1CCN(C(=O)[C@@H](OC2CCCC2)c2ccccc2)CC1. The molecule has 3 rings (SSSR count). The normalized spacial score (nSPS) is 20.4. The first-order valence-electron chi connectivity index (χ1n) is 9.40. The quantitative estimate of drug-likeness (QED) is 0.893. The van der Waals surface area contributed by atoms with Gasteiger partial charge in [-0.1, -0.05) is 43.2 Å². The minimum absolute atomic E-state index is 0.00324. The number of amides is 2. The summed E-state index contributed by atoms with van der Waals surface area (Å²) in [4.78, 5) is 26.2. The van der Waals surface area contributed by atoms with E-state index < -0.39 is 6.10 Å². The molecule has 1 saturated carbocycles. The highest BCUT2D eigenvalue weighted by Crippen LogP contribution is 2.30. The molecule has 1 aliphatic heterocycles. The zero-order chi connectivity index (χ0) is 17.6. The molecule has 25 heavy (non-hydrogen) atoms. The Morgan fingerprint density at radius 1 is 1.08 bits per heavy atom. The van der Waals surface area contributed by atoms with Crippen molar-refractivity contribution in [2.45, 2.75) is 63.7 Å². The van der Waals surface area contributed by atoms with Gasteiger partial charge in [-0.25, -0.2) is 0 Å². The van der Waals surface area contributed by atoms with Crippen molar-refractivity contribution >= 4 is 11.8 Å². The van der Waals surface area contributed by atoms with Crippen LogP contribution < -0.4 is 5.32 Å². The molecule has 1 aromatic carbocycles. The van der Waals surface area contributed by atoms with Crippen molar-refractivity contribution < 1.29 is 14.3 Å². The second-order valence-electron chi connectivity index (χ2n) is 7.13. The first-order valence-corrected chi connectivity index (χ1v) is 9.40. The summed E-state index contributed by atoms with van der Waals surface area (Å²) in [6, 6.07) is 9.99. The third kappa shape index (κ3) is 4.82. The van der Waals surface area contributed by atoms with Gasteiger partial charge in [-0.15, -0.1) is 0 Å². The molecule has 1 N–H and O–H groups in total. The summed E-state index contributed by atoms with van der Waals surface area (Å²) in [5, 5.41) is 2.95. The highest BCUT2D eigenvalue weighted by Gasteiger charge is 2.32. The Balaban J connectivity index is 1.66. The lowest BCUT2D eigenvalue weighted by Gasteiger charge is -2.35. The fourth-order valence-electron chi connectivity index (χ4n) is 3.82. The van der Waals surface area contributed by atoms with E-state index in [1.165, 1.54) is 12.8 Å². The Bertz CT molecular complexity index is 576. The van der Waals surface area contributed by atoms with E-state index in [0.29, 0.717) is 13.1 Å². The summed E-state index contributed by atoms with van der Waals surface area (Å²) in [5.41, 5.74) is 0.934. The second-order valence-corrected chi connectivity index (χ2v) is 7.13. The van der Waals surface area contributed by atoms with Gasteiger partial charge >= 0.3 is 0 Å². The van der Waals surface area contributed by atoms with E-state index in [4.69, 9.17) is 4.74 Å². The number of nitrogens with zero attached hydrogens (tertiary/aromatic N) is 1. The van der Waals surface area contributed by atoms with Crippen molar-refractivity contribution in [1.29, 1.82) is 0 Å². The molecule has 1 aromatic rings. The molecular formula is C20H28N2O3. The maximum Gasteiger partial charge on any atom is 0.256 e. The molecule has 5 nitrogen and oxygen atoms in total. The number of likely N-dealkylation sites (tertiary alicyclic amines) is 1. The van der Waals surface area contributed by atoms with Crippen LogP contribution in [-0.2, 0) is 14.3 Å². The highest BCUT2D eigenvalue weighted by atomic mass is 16.5. The van der Waals surface area contributed by atoms with Crippen molar-refractivity contribution in [3.8, 4) is 0 Å². The van der Waals surface area contributed by atoms with E-state index in [1.54, 1.807) is 6.92 Å². The van der Waals surface area contributed by atoms with Crippen molar-refractivity contribution in [1.82, 2.24) is 10.2 Å². The zero-order valence-corrected chi connectivity index (χ0v) is 14.9. The van der Waals surface area contributed by atoms with Crippen LogP contribution in [0, 0.1) is 0 Å². The molecule has 0 bridgehead atoms. The van der Waals surface area contributed by atoms with Gasteiger partial charge in [0.05, 0.1) is 6.10 Å². The van der Waals surface area contributed by atoms with Gasteiger partial charge in [-0.3, -0.25) is 9.59 Å². The van der Waals surface area contributed by atoms with E-state index in [-0.39, 0.29) is 24.0 Å². The molecule has 0 spiro atoms. The molecule has 0 unspecified atom stereocenters. The predicted octanol–water partition coefficient (Wildman–Crippen LogP) is 2.81. The number of hydrogen-bond acceptors (Lipinski definition) is 3. The number of nitrogens with one attached hydrogen (secondary N) is 1. The molecular weight excluding hydrogens is 316 g/mol. The molecule has 1 heterocycles. The summed E-state index contributed by atoms with van der Waals surface area (Å²) in [5.74, 6) is 0.0517. The average Bonchev–Trinajstić information content (AvgIpc) is 3.13. The van der Waals surface area contributed by atoms with Gasteiger partial charge in [0, 0.05) is 26.1 Å². The van der Waals surface area contributed by atoms with Gasteiger partial charge in [0.15, 0.2) is 6.10 Å². The minimum Gasteiger partial charge on any atom is -0.360 e. The number of piperidine rings is 1. The van der Waals surface area contributed by atoms with Crippen LogP contribution in [0.2, 0.25) is 0 Å². The Labute approximate surface area is 149 Å². The van der Waals surface area contributed by atoms with Gasteiger partial charge in [0.25, 0.3) is 5.91 Å². The van der Waals surface area contributed by atoms with Crippen LogP contribution in [0.3, 0.4) is 0 Å². The molecule has 2 fully saturated rings. The van der Waals surface area contributed by atoms with Crippen LogP contribution >= 0.6 is 0 Å². The smallest absolute Gasteiger partial charge is 0.256 e. The molecule has 1 saturated heterocycles. The van der Waals surface area contributed by atoms with Gasteiger partial charge in [0.1, 0.15) is 0 Å². The van der Waals surface area contributed by atoms with Gasteiger partial charge in [-0.05, 0) is 31.2 Å². The lowest BCUT2D eigenvalue weighted by Crippen LogP contribution is -2.47. The van der Waals surface area contributed by atoms with Crippen molar-refractivity contribution in [2.24, 2.45) is 0 Å². The predicted molar refractivity (Wildman–Crippen MR) is 95.9 cm³/mol. The standard InChI is InChI=1S/C20H28N2O3/c1-15(23)21-17-11-13-22(14-12-17)20(24)19(16-7-3-2-4-8-16)25-18-9-5-6-10-18/h2-4,7-8,17-19H,5-6,9-14H2,1H3,(H,21,23)/t19-/m0/s1. The largest absolute Gasteiger partial charge is 0.360 e. The minimum atomic E-state index is -0.512. The summed E-state index contributed by atoms with van der Waals surface area (Å²) >= 11 is 0. The van der Waals surface area contributed by atoms with Crippen molar-refractivity contribution in [3.05, 3.63) is 35.9 Å². The second kappa shape index (κ2) is 8.48. The summed E-state index contributed by atoms with van der Waals surface area (Å²) in [7, 11) is 0. The fraction of sp³-hybridized carbons (Fsp3) is 0.600. The lowest BCUT2D eigenvalue weighted by atomic mass is 10.0. The third-order valence-electron chi connectivity index (χ3n) is 5.17. The van der Waals surface area contributed by atoms with Crippen LogP contribution in [0.4, 0.5) is 0 Å². The van der Waals surface area contributed by atoms with Gasteiger partial charge < -0.3 is 15.0 Å². The van der Waals surface area contributed by atoms with Crippen LogP contribution in [0.1, 0.15) is 57.1 Å². The number of benzene rings is 1. The summed E-state index contributed by atoms with van der Waals surface area (Å²) in [6.45, 7) is 2.88. The first-order chi connectivity index (χ1) is 12.1. The zero-order valence-electron chi connectivity index (χ0n) is 14.9. The van der Waals surface area contributed by atoms with Crippen LogP contribution in [0.5, 0.6) is 0 Å². The average molecular weight is 344 g/mol. The number of ether oxygens (including phenoxy) is 1. The molecule has 1 aliphatic carbocycles. The van der Waals surface area contributed by atoms with Crippen LogP contribution in [-0.4, -0.2) is 41.9 Å². The maximum atomic E-state index is 13.1. The maximum absolute atomic E-state index is 13.1. The topological polar surface area (TPSA) is 58.6 Å². The van der Waals surface area contributed by atoms with Crippen molar-refractivity contribution in [3.63, 3.8) is 0 Å². The highest BCUT2D eigenvalue weighted by molar-refractivity contribution is 5.82. The molecule has 5 heteroatoms. The van der Waals surface area contributed by atoms with Crippen LogP contribution in [0.15, 0.2) is 30.3 Å². The van der Waals surface area contributed by atoms with E-state index in [2.05, 4.69) is 5.32 Å². The lowest BCUT2D eigenvalue weighted by molar-refractivity contribution is -0.149. The van der Waals surface area contributed by atoms with Gasteiger partial charge in [0.2, 0.25) is 5.91 Å². The number of carbonyl (C=O) groups is 2. The van der Waals surface area contributed by atoms with Crippen LogP contribution in [0.25, 0.3) is 0 Å². The monoisotopic (exact) mass is 344 g/mol. The molecule has 2 amide bonds. The fourth-order valence-corrected chi connectivity index (χ4v) is 3.82. The first kappa shape index (κ1) is 17.9. The molecule has 1 atom stereocenters. The van der Waals surface area contributed by atoms with E-state index in [0.717, 1.165) is 31.2 Å². The van der Waals surface area contributed by atoms with E-state index in [9.17, 15) is 9.59 Å². The summed E-state index contributed by atoms with van der Waals surface area (Å²) in [6.07, 6.45) is 5.73. The number of carbonyl (C=O) groups excluding carboxylic acids is 2. The molecule has 0 aromatic heterocycles. The Morgan fingerprint density at radius 2 is 1.72 bits per heavy atom. The van der Waals surface area contributed by atoms with Crippen molar-refractivity contribution in [2.75, 3.05) is 13.1 Å². The Kier molecular flexibility index (Phi) is 6.08.